The molecule has 88 valence electrons. The van der Waals surface area contributed by atoms with Gasteiger partial charge in [0.15, 0.2) is 0 Å². The molecule has 4 heteroatoms. The Hall–Kier alpha value is -0.770. The summed E-state index contributed by atoms with van der Waals surface area (Å²) in [5.74, 6) is 0.133. The lowest BCUT2D eigenvalue weighted by molar-refractivity contribution is -0.184. The minimum atomic E-state index is -0.637. The lowest BCUT2D eigenvalue weighted by Crippen LogP contribution is -2.40. The molecule has 1 heterocycles. The van der Waals surface area contributed by atoms with E-state index in [2.05, 4.69) is 0 Å². The third-order valence-corrected chi connectivity index (χ3v) is 3.15. The highest BCUT2D eigenvalue weighted by molar-refractivity contribution is 6.30. The van der Waals surface area contributed by atoms with Crippen molar-refractivity contribution in [3.8, 4) is 5.75 Å². The third kappa shape index (κ3) is 2.03. The van der Waals surface area contributed by atoms with E-state index in [0.717, 1.165) is 11.3 Å². The summed E-state index contributed by atoms with van der Waals surface area (Å²) in [4.78, 5) is 0. The Kier molecular flexibility index (Phi) is 3.10. The number of benzene rings is 1. The first-order valence-electron chi connectivity index (χ1n) is 5.14. The Bertz CT molecular complexity index is 394. The summed E-state index contributed by atoms with van der Waals surface area (Å²) in [6, 6.07) is 5.52. The highest BCUT2D eigenvalue weighted by Gasteiger charge is 2.37. The summed E-state index contributed by atoms with van der Waals surface area (Å²) in [6.07, 6.45) is 0.597. The first-order chi connectivity index (χ1) is 7.58. The van der Waals surface area contributed by atoms with E-state index in [-0.39, 0.29) is 6.10 Å². The minimum absolute atomic E-state index is 0.0487. The van der Waals surface area contributed by atoms with Crippen molar-refractivity contribution in [2.45, 2.75) is 25.2 Å². The Labute approximate surface area is 100 Å². The van der Waals surface area contributed by atoms with Gasteiger partial charge in [0.1, 0.15) is 5.75 Å². The fourth-order valence-corrected chi connectivity index (χ4v) is 2.10. The van der Waals surface area contributed by atoms with Crippen LogP contribution in [0.1, 0.15) is 25.0 Å². The second-order valence-electron chi connectivity index (χ2n) is 4.05. The zero-order chi connectivity index (χ0) is 11.8. The van der Waals surface area contributed by atoms with Gasteiger partial charge < -0.3 is 14.2 Å². The van der Waals surface area contributed by atoms with Crippen LogP contribution in [0.3, 0.4) is 0 Å². The summed E-state index contributed by atoms with van der Waals surface area (Å²) in [5.41, 5.74) is 0.976. The molecule has 0 saturated heterocycles. The van der Waals surface area contributed by atoms with E-state index in [1.807, 2.05) is 19.1 Å². The number of fused-ring (bicyclic) bond motifs is 1. The molecule has 0 aliphatic carbocycles. The van der Waals surface area contributed by atoms with Crippen LogP contribution in [0.25, 0.3) is 0 Å². The molecule has 16 heavy (non-hydrogen) atoms. The average Bonchev–Trinajstić information content (AvgIpc) is 2.29. The van der Waals surface area contributed by atoms with Crippen molar-refractivity contribution in [2.24, 2.45) is 0 Å². The molecule has 1 aliphatic rings. The van der Waals surface area contributed by atoms with Gasteiger partial charge in [-0.05, 0) is 18.2 Å². The van der Waals surface area contributed by atoms with Gasteiger partial charge in [0, 0.05) is 38.2 Å². The van der Waals surface area contributed by atoms with Crippen LogP contribution in [0.15, 0.2) is 18.2 Å². The number of hydrogen-bond donors (Lipinski definition) is 0. The van der Waals surface area contributed by atoms with Crippen LogP contribution < -0.4 is 4.74 Å². The molecule has 0 fully saturated rings. The third-order valence-electron chi connectivity index (χ3n) is 2.92. The number of ether oxygens (including phenoxy) is 3. The SMILES string of the molecule is COC1CC(C)(OC)Oc2ccc(Cl)cc21. The lowest BCUT2D eigenvalue weighted by Gasteiger charge is -2.38. The summed E-state index contributed by atoms with van der Waals surface area (Å²) in [7, 11) is 3.31. The fraction of sp³-hybridized carbons (Fsp3) is 0.500. The van der Waals surface area contributed by atoms with Crippen LogP contribution in [0.5, 0.6) is 5.75 Å². The highest BCUT2D eigenvalue weighted by atomic mass is 35.5. The zero-order valence-electron chi connectivity index (χ0n) is 9.62. The number of rotatable bonds is 2. The van der Waals surface area contributed by atoms with E-state index in [4.69, 9.17) is 25.8 Å². The summed E-state index contributed by atoms with van der Waals surface area (Å²) in [6.45, 7) is 1.90. The molecule has 0 amide bonds. The summed E-state index contributed by atoms with van der Waals surface area (Å²) < 4.78 is 16.6. The van der Waals surface area contributed by atoms with Crippen molar-refractivity contribution < 1.29 is 14.2 Å². The molecular formula is C12H15ClO3. The topological polar surface area (TPSA) is 27.7 Å². The van der Waals surface area contributed by atoms with E-state index in [1.54, 1.807) is 20.3 Å². The van der Waals surface area contributed by atoms with Gasteiger partial charge in [-0.25, -0.2) is 0 Å². The Morgan fingerprint density at radius 2 is 2.19 bits per heavy atom. The van der Waals surface area contributed by atoms with E-state index in [9.17, 15) is 0 Å². The van der Waals surface area contributed by atoms with E-state index >= 15 is 0 Å². The Morgan fingerprint density at radius 1 is 1.44 bits per heavy atom. The quantitative estimate of drug-likeness (QED) is 0.797. The van der Waals surface area contributed by atoms with E-state index in [1.165, 1.54) is 0 Å². The largest absolute Gasteiger partial charge is 0.462 e. The second kappa shape index (κ2) is 4.24. The highest BCUT2D eigenvalue weighted by Crippen LogP contribution is 2.42. The Balaban J connectivity index is 2.42. The summed E-state index contributed by atoms with van der Waals surface area (Å²) in [5, 5.41) is 0.686. The lowest BCUT2D eigenvalue weighted by atomic mass is 9.97. The molecule has 3 nitrogen and oxygen atoms in total. The van der Waals surface area contributed by atoms with Crippen LogP contribution in [-0.4, -0.2) is 20.0 Å². The van der Waals surface area contributed by atoms with Gasteiger partial charge >= 0.3 is 0 Å². The van der Waals surface area contributed by atoms with Crippen molar-refractivity contribution in [3.63, 3.8) is 0 Å². The van der Waals surface area contributed by atoms with Crippen molar-refractivity contribution in [3.05, 3.63) is 28.8 Å². The number of methoxy groups -OCH3 is 2. The van der Waals surface area contributed by atoms with Gasteiger partial charge in [0.05, 0.1) is 6.10 Å². The van der Waals surface area contributed by atoms with Crippen LogP contribution in [0, 0.1) is 0 Å². The molecular weight excluding hydrogens is 228 g/mol. The molecule has 0 spiro atoms. The van der Waals surface area contributed by atoms with E-state index < -0.39 is 5.79 Å². The zero-order valence-corrected chi connectivity index (χ0v) is 10.4. The Morgan fingerprint density at radius 3 is 2.81 bits per heavy atom. The molecule has 1 aromatic carbocycles. The maximum atomic E-state index is 5.96. The molecule has 0 radical (unpaired) electrons. The molecule has 2 unspecified atom stereocenters. The van der Waals surface area contributed by atoms with Crippen LogP contribution in [0.4, 0.5) is 0 Å². The monoisotopic (exact) mass is 242 g/mol. The minimum Gasteiger partial charge on any atom is -0.462 e. The van der Waals surface area contributed by atoms with Crippen LogP contribution >= 0.6 is 11.6 Å². The van der Waals surface area contributed by atoms with Crippen molar-refractivity contribution in [2.75, 3.05) is 14.2 Å². The van der Waals surface area contributed by atoms with Gasteiger partial charge in [-0.15, -0.1) is 0 Å². The van der Waals surface area contributed by atoms with Gasteiger partial charge in [-0.2, -0.15) is 0 Å². The van der Waals surface area contributed by atoms with Crippen LogP contribution in [0.2, 0.25) is 5.02 Å². The molecule has 0 N–H and O–H groups in total. The van der Waals surface area contributed by atoms with Gasteiger partial charge in [0.25, 0.3) is 0 Å². The van der Waals surface area contributed by atoms with Gasteiger partial charge in [0.2, 0.25) is 5.79 Å². The fourth-order valence-electron chi connectivity index (χ4n) is 1.92. The van der Waals surface area contributed by atoms with Gasteiger partial charge in [-0.3, -0.25) is 0 Å². The van der Waals surface area contributed by atoms with Crippen molar-refractivity contribution in [1.82, 2.24) is 0 Å². The van der Waals surface area contributed by atoms with Crippen molar-refractivity contribution in [1.29, 1.82) is 0 Å². The van der Waals surface area contributed by atoms with Crippen molar-refractivity contribution >= 4 is 11.6 Å². The number of hydrogen-bond acceptors (Lipinski definition) is 3. The van der Waals surface area contributed by atoms with E-state index in [0.29, 0.717) is 11.4 Å². The summed E-state index contributed by atoms with van der Waals surface area (Å²) >= 11 is 5.96. The molecule has 2 rings (SSSR count). The maximum Gasteiger partial charge on any atom is 0.210 e. The molecule has 2 atom stereocenters. The van der Waals surface area contributed by atoms with Crippen LogP contribution in [-0.2, 0) is 9.47 Å². The first kappa shape index (κ1) is 11.7. The first-order valence-corrected chi connectivity index (χ1v) is 5.52. The standard InChI is InChI=1S/C12H15ClO3/c1-12(15-3)7-11(14-2)9-6-8(13)4-5-10(9)16-12/h4-6,11H,7H2,1-3H3. The molecule has 0 aromatic heterocycles. The molecule has 0 bridgehead atoms. The predicted octanol–water partition coefficient (Wildman–Crippen LogP) is 3.17. The maximum absolute atomic E-state index is 5.96. The second-order valence-corrected chi connectivity index (χ2v) is 4.49. The number of halogens is 1. The molecule has 0 saturated carbocycles. The molecule has 1 aromatic rings. The average molecular weight is 243 g/mol. The van der Waals surface area contributed by atoms with Gasteiger partial charge in [-0.1, -0.05) is 11.6 Å². The smallest absolute Gasteiger partial charge is 0.210 e. The molecule has 1 aliphatic heterocycles. The predicted molar refractivity (Wildman–Crippen MR) is 61.9 cm³/mol. The normalized spacial score (nSPS) is 28.4.